The summed E-state index contributed by atoms with van der Waals surface area (Å²) in [5, 5.41) is 11.5. The smallest absolute Gasteiger partial charge is 0.300 e. The molecule has 3 aromatic carbocycles. The van der Waals surface area contributed by atoms with Gasteiger partial charge in [0.2, 0.25) is 0 Å². The molecule has 1 aliphatic heterocycles. The predicted octanol–water partition coefficient (Wildman–Crippen LogP) is 5.67. The number of carbonyl (C=O) groups is 2. The predicted molar refractivity (Wildman–Crippen MR) is 142 cm³/mol. The number of hydrogen-bond donors (Lipinski definition) is 1. The van der Waals surface area contributed by atoms with Crippen LogP contribution in [0.25, 0.3) is 5.76 Å². The van der Waals surface area contributed by atoms with E-state index in [2.05, 4.69) is 13.8 Å². The molecule has 4 rings (SSSR count). The molecule has 0 aliphatic carbocycles. The van der Waals surface area contributed by atoms with Crippen molar-refractivity contribution in [3.05, 3.63) is 89.0 Å². The summed E-state index contributed by atoms with van der Waals surface area (Å²) in [6, 6.07) is 18.6. The normalized spacial score (nSPS) is 16.8. The Morgan fingerprint density at radius 2 is 1.62 bits per heavy atom. The Morgan fingerprint density at radius 3 is 2.24 bits per heavy atom. The van der Waals surface area contributed by atoms with E-state index in [4.69, 9.17) is 14.2 Å². The maximum absolute atomic E-state index is 13.5. The van der Waals surface area contributed by atoms with Gasteiger partial charge in [0.1, 0.15) is 23.0 Å². The molecule has 0 saturated carbocycles. The average Bonchev–Trinajstić information content (AvgIpc) is 3.17. The van der Waals surface area contributed by atoms with Gasteiger partial charge < -0.3 is 19.3 Å². The van der Waals surface area contributed by atoms with E-state index in [-0.39, 0.29) is 16.9 Å². The molecular formula is C30H31NO6. The lowest BCUT2D eigenvalue weighted by atomic mass is 9.92. The van der Waals surface area contributed by atoms with E-state index in [1.807, 2.05) is 31.2 Å². The molecule has 7 nitrogen and oxygen atoms in total. The summed E-state index contributed by atoms with van der Waals surface area (Å²) in [5.74, 6) is 0.0765. The van der Waals surface area contributed by atoms with Crippen LogP contribution in [0.3, 0.4) is 0 Å². The van der Waals surface area contributed by atoms with Crippen molar-refractivity contribution in [1.29, 1.82) is 0 Å². The third-order valence-electron chi connectivity index (χ3n) is 6.29. The van der Waals surface area contributed by atoms with Crippen molar-refractivity contribution in [1.82, 2.24) is 0 Å². The Balaban J connectivity index is 1.87. The Labute approximate surface area is 216 Å². The number of ether oxygens (including phenoxy) is 3. The molecule has 7 heteroatoms. The van der Waals surface area contributed by atoms with Gasteiger partial charge in [-0.1, -0.05) is 38.1 Å². The maximum Gasteiger partial charge on any atom is 0.300 e. The van der Waals surface area contributed by atoms with Crippen LogP contribution in [0.5, 0.6) is 17.2 Å². The van der Waals surface area contributed by atoms with E-state index < -0.39 is 17.7 Å². The summed E-state index contributed by atoms with van der Waals surface area (Å²) in [7, 11) is 2.99. The minimum absolute atomic E-state index is 0.0112. The van der Waals surface area contributed by atoms with Gasteiger partial charge in [-0.2, -0.15) is 0 Å². The first kappa shape index (κ1) is 25.8. The fraction of sp³-hybridized carbons (Fsp3) is 0.267. The van der Waals surface area contributed by atoms with Crippen molar-refractivity contribution in [2.75, 3.05) is 25.7 Å². The molecule has 0 bridgehead atoms. The number of aryl methyl sites for hydroxylation is 1. The van der Waals surface area contributed by atoms with Gasteiger partial charge in [0.05, 0.1) is 38.0 Å². The Bertz CT molecular complexity index is 1340. The number of benzene rings is 3. The molecule has 1 unspecified atom stereocenters. The third-order valence-corrected chi connectivity index (χ3v) is 6.29. The van der Waals surface area contributed by atoms with Gasteiger partial charge in [-0.25, -0.2) is 0 Å². The first-order chi connectivity index (χ1) is 17.8. The molecule has 1 heterocycles. The fourth-order valence-corrected chi connectivity index (χ4v) is 4.39. The number of nitrogens with zero attached hydrogens (tertiary/aromatic N) is 1. The Morgan fingerprint density at radius 1 is 0.946 bits per heavy atom. The van der Waals surface area contributed by atoms with Gasteiger partial charge in [0, 0.05) is 11.8 Å². The number of ketones is 1. The quantitative estimate of drug-likeness (QED) is 0.243. The lowest BCUT2D eigenvalue weighted by Crippen LogP contribution is -2.29. The summed E-state index contributed by atoms with van der Waals surface area (Å²) < 4.78 is 16.5. The molecular weight excluding hydrogens is 470 g/mol. The second-order valence-electron chi connectivity index (χ2n) is 9.29. The van der Waals surface area contributed by atoms with Crippen molar-refractivity contribution < 1.29 is 28.9 Å². The Kier molecular flexibility index (Phi) is 7.53. The number of anilines is 1. The Hall–Kier alpha value is -4.26. The van der Waals surface area contributed by atoms with E-state index in [0.717, 1.165) is 11.1 Å². The highest BCUT2D eigenvalue weighted by Crippen LogP contribution is 2.44. The minimum Gasteiger partial charge on any atom is -0.507 e. The minimum atomic E-state index is -0.838. The van der Waals surface area contributed by atoms with Crippen molar-refractivity contribution >= 4 is 23.1 Å². The third kappa shape index (κ3) is 5.03. The zero-order chi connectivity index (χ0) is 26.7. The van der Waals surface area contributed by atoms with Crippen LogP contribution < -0.4 is 19.1 Å². The molecule has 192 valence electrons. The van der Waals surface area contributed by atoms with Gasteiger partial charge in [-0.3, -0.25) is 14.5 Å². The van der Waals surface area contributed by atoms with E-state index >= 15 is 0 Å². The zero-order valence-electron chi connectivity index (χ0n) is 21.6. The van der Waals surface area contributed by atoms with Crippen LogP contribution in [-0.2, 0) is 9.59 Å². The highest BCUT2D eigenvalue weighted by atomic mass is 16.5. The number of aliphatic hydroxyl groups is 1. The van der Waals surface area contributed by atoms with Gasteiger partial charge in [-0.15, -0.1) is 0 Å². The average molecular weight is 502 g/mol. The van der Waals surface area contributed by atoms with Crippen LogP contribution in [0.4, 0.5) is 5.69 Å². The molecule has 37 heavy (non-hydrogen) atoms. The van der Waals surface area contributed by atoms with E-state index in [0.29, 0.717) is 35.5 Å². The second-order valence-corrected chi connectivity index (χ2v) is 9.29. The molecule has 1 fully saturated rings. The lowest BCUT2D eigenvalue weighted by Gasteiger charge is -2.27. The highest BCUT2D eigenvalue weighted by molar-refractivity contribution is 6.51. The van der Waals surface area contributed by atoms with Crippen molar-refractivity contribution in [3.8, 4) is 17.2 Å². The van der Waals surface area contributed by atoms with Crippen LogP contribution in [0.15, 0.2) is 72.3 Å². The van der Waals surface area contributed by atoms with E-state index in [9.17, 15) is 14.7 Å². The highest BCUT2D eigenvalue weighted by Gasteiger charge is 2.47. The van der Waals surface area contributed by atoms with Crippen molar-refractivity contribution in [2.45, 2.75) is 26.8 Å². The summed E-state index contributed by atoms with van der Waals surface area (Å²) in [6.45, 7) is 6.60. The number of rotatable bonds is 8. The number of Topliss-reactive ketones (excluding diaryl/α,β-unsaturated/α-hetero) is 1. The largest absolute Gasteiger partial charge is 0.507 e. The van der Waals surface area contributed by atoms with Gasteiger partial charge in [0.25, 0.3) is 11.7 Å². The molecule has 1 N–H and O–H groups in total. The molecule has 0 spiro atoms. The second kappa shape index (κ2) is 10.8. The van der Waals surface area contributed by atoms with E-state index in [1.54, 1.807) is 42.5 Å². The summed E-state index contributed by atoms with van der Waals surface area (Å²) >= 11 is 0. The number of aliphatic hydroxyl groups excluding tert-OH is 1. The monoisotopic (exact) mass is 501 g/mol. The van der Waals surface area contributed by atoms with Crippen LogP contribution >= 0.6 is 0 Å². The van der Waals surface area contributed by atoms with Gasteiger partial charge in [-0.05, 0) is 60.4 Å². The van der Waals surface area contributed by atoms with Gasteiger partial charge in [0.15, 0.2) is 0 Å². The molecule has 1 saturated heterocycles. The van der Waals surface area contributed by atoms with Crippen molar-refractivity contribution in [2.24, 2.45) is 5.92 Å². The first-order valence-electron chi connectivity index (χ1n) is 12.1. The van der Waals surface area contributed by atoms with Crippen molar-refractivity contribution in [3.63, 3.8) is 0 Å². The number of hydrogen-bond acceptors (Lipinski definition) is 6. The van der Waals surface area contributed by atoms with Gasteiger partial charge >= 0.3 is 0 Å². The van der Waals surface area contributed by atoms with Crippen LogP contribution in [0.2, 0.25) is 0 Å². The topological polar surface area (TPSA) is 85.3 Å². The molecule has 3 aromatic rings. The lowest BCUT2D eigenvalue weighted by molar-refractivity contribution is -0.132. The summed E-state index contributed by atoms with van der Waals surface area (Å²) in [4.78, 5) is 28.3. The standard InChI is InChI=1S/C30H31NO6/c1-18(2)17-37-21-12-10-20(11-13-21)31-27(23-9-7-6-8-19(23)3)26(29(33)30(31)34)28(32)24-15-14-22(35-4)16-25(24)36-5/h6-16,18,27,32H,17H2,1-5H3/b28-26+. The number of amides is 1. The molecule has 0 radical (unpaired) electrons. The molecule has 0 aromatic heterocycles. The summed E-state index contributed by atoms with van der Waals surface area (Å²) in [6.07, 6.45) is 0. The van der Waals surface area contributed by atoms with Crippen LogP contribution in [0, 0.1) is 12.8 Å². The fourth-order valence-electron chi connectivity index (χ4n) is 4.39. The van der Waals surface area contributed by atoms with E-state index in [1.165, 1.54) is 19.1 Å². The van der Waals surface area contributed by atoms with Crippen LogP contribution in [-0.4, -0.2) is 37.6 Å². The molecule has 1 aliphatic rings. The maximum atomic E-state index is 13.5. The molecule has 1 amide bonds. The molecule has 1 atom stereocenters. The zero-order valence-corrected chi connectivity index (χ0v) is 21.6. The summed E-state index contributed by atoms with van der Waals surface area (Å²) in [5.41, 5.74) is 2.41. The van der Waals surface area contributed by atoms with Crippen LogP contribution in [0.1, 0.15) is 36.6 Å². The SMILES string of the molecule is COc1ccc(/C(O)=C2\C(=O)C(=O)N(c3ccc(OCC(C)C)cc3)C2c2ccccc2C)c(OC)c1. The first-order valence-corrected chi connectivity index (χ1v) is 12.1. The number of methoxy groups -OCH3 is 2. The number of carbonyl (C=O) groups excluding carboxylic acids is 2.